The van der Waals surface area contributed by atoms with Crippen LogP contribution in [0.15, 0.2) is 42.6 Å². The van der Waals surface area contributed by atoms with Crippen molar-refractivity contribution in [3.05, 3.63) is 59.7 Å². The van der Waals surface area contributed by atoms with Gasteiger partial charge in [-0.2, -0.15) is 0 Å². The fourth-order valence-electron chi connectivity index (χ4n) is 2.45. The van der Waals surface area contributed by atoms with Crippen LogP contribution in [0.5, 0.6) is 0 Å². The molecule has 1 aromatic heterocycles. The summed E-state index contributed by atoms with van der Waals surface area (Å²) in [6.07, 6.45) is 5.04. The molecule has 114 valence electrons. The first-order valence-corrected chi connectivity index (χ1v) is 7.37. The fourth-order valence-corrected chi connectivity index (χ4v) is 2.45. The van der Waals surface area contributed by atoms with Crippen LogP contribution in [-0.2, 0) is 9.53 Å². The van der Waals surface area contributed by atoms with Crippen molar-refractivity contribution in [3.63, 3.8) is 0 Å². The van der Waals surface area contributed by atoms with Crippen molar-refractivity contribution in [3.8, 4) is 0 Å². The van der Waals surface area contributed by atoms with Gasteiger partial charge >= 0.3 is 0 Å². The molecule has 1 aromatic carbocycles. The third-order valence-electron chi connectivity index (χ3n) is 3.62. The molecule has 0 unspecified atom stereocenters. The molecule has 2 aromatic rings. The van der Waals surface area contributed by atoms with Crippen molar-refractivity contribution in [2.45, 2.75) is 13.0 Å². The van der Waals surface area contributed by atoms with Crippen LogP contribution in [0.1, 0.15) is 23.2 Å². The molecule has 3 rings (SSSR count). The summed E-state index contributed by atoms with van der Waals surface area (Å²) in [7, 11) is 0. The zero-order chi connectivity index (χ0) is 15.4. The van der Waals surface area contributed by atoms with Crippen molar-refractivity contribution in [1.29, 1.82) is 0 Å². The molecule has 0 spiro atoms. The van der Waals surface area contributed by atoms with Crippen LogP contribution < -0.4 is 0 Å². The summed E-state index contributed by atoms with van der Waals surface area (Å²) in [4.78, 5) is 21.6. The number of morpholine rings is 1. The highest BCUT2D eigenvalue weighted by molar-refractivity contribution is 5.91. The van der Waals surface area contributed by atoms with E-state index in [9.17, 15) is 4.79 Å². The highest BCUT2D eigenvalue weighted by Gasteiger charge is 2.26. The van der Waals surface area contributed by atoms with E-state index in [1.807, 2.05) is 43.3 Å². The lowest BCUT2D eigenvalue weighted by Crippen LogP contribution is -2.41. The van der Waals surface area contributed by atoms with E-state index in [1.54, 1.807) is 17.2 Å². The Morgan fingerprint density at radius 3 is 2.95 bits per heavy atom. The number of nitrogens with zero attached hydrogens (tertiary/aromatic N) is 2. The maximum atomic E-state index is 12.3. The molecular weight excluding hydrogens is 278 g/mol. The fraction of sp³-hybridized carbons (Fsp3) is 0.294. The largest absolute Gasteiger partial charge is 0.367 e. The molecule has 1 atom stereocenters. The minimum Gasteiger partial charge on any atom is -0.367 e. The Morgan fingerprint density at radius 2 is 2.23 bits per heavy atom. The number of hydrogen-bond donors (Lipinski definition) is 1. The van der Waals surface area contributed by atoms with Crippen LogP contribution in [0.3, 0.4) is 0 Å². The van der Waals surface area contributed by atoms with E-state index in [0.717, 1.165) is 17.1 Å². The summed E-state index contributed by atoms with van der Waals surface area (Å²) in [6, 6.07) is 9.80. The van der Waals surface area contributed by atoms with Gasteiger partial charge in [0.1, 0.15) is 11.9 Å². The van der Waals surface area contributed by atoms with Gasteiger partial charge in [-0.05, 0) is 18.6 Å². The molecule has 5 heteroatoms. The number of carbonyl (C=O) groups excluding carboxylic acids is 1. The van der Waals surface area contributed by atoms with Gasteiger partial charge in [-0.1, -0.05) is 30.3 Å². The summed E-state index contributed by atoms with van der Waals surface area (Å²) >= 11 is 0. The number of rotatable bonds is 3. The molecule has 1 N–H and O–H groups in total. The molecule has 0 radical (unpaired) electrons. The highest BCUT2D eigenvalue weighted by atomic mass is 16.5. The second kappa shape index (κ2) is 6.58. The maximum Gasteiger partial charge on any atom is 0.246 e. The van der Waals surface area contributed by atoms with Crippen molar-refractivity contribution < 1.29 is 9.53 Å². The molecule has 1 amide bonds. The molecule has 0 aliphatic carbocycles. The van der Waals surface area contributed by atoms with E-state index in [1.165, 1.54) is 0 Å². The molecule has 2 heterocycles. The number of aryl methyl sites for hydroxylation is 1. The van der Waals surface area contributed by atoms with Crippen molar-refractivity contribution in [2.24, 2.45) is 0 Å². The molecule has 1 aliphatic heterocycles. The highest BCUT2D eigenvalue weighted by Crippen LogP contribution is 2.20. The second-order valence-corrected chi connectivity index (χ2v) is 5.34. The summed E-state index contributed by atoms with van der Waals surface area (Å²) in [6.45, 7) is 3.60. The predicted molar refractivity (Wildman–Crippen MR) is 84.1 cm³/mol. The van der Waals surface area contributed by atoms with Gasteiger partial charge in [0.15, 0.2) is 0 Å². The summed E-state index contributed by atoms with van der Waals surface area (Å²) < 4.78 is 5.71. The number of nitrogens with one attached hydrogen (secondary N) is 1. The van der Waals surface area contributed by atoms with Crippen molar-refractivity contribution in [1.82, 2.24) is 14.9 Å². The smallest absolute Gasteiger partial charge is 0.246 e. The third kappa shape index (κ3) is 3.43. The van der Waals surface area contributed by atoms with Crippen LogP contribution in [0, 0.1) is 6.92 Å². The quantitative estimate of drug-likeness (QED) is 0.885. The lowest BCUT2D eigenvalue weighted by Gasteiger charge is -2.31. The Hall–Kier alpha value is -2.40. The van der Waals surface area contributed by atoms with Crippen LogP contribution in [0.4, 0.5) is 0 Å². The SMILES string of the molecule is Cc1cnc([C@@H]2CN(C(=O)/C=C/c3ccccc3)CCO2)[nH]1. The number of aromatic nitrogens is 2. The Kier molecular flexibility index (Phi) is 4.34. The van der Waals surface area contributed by atoms with E-state index in [2.05, 4.69) is 9.97 Å². The second-order valence-electron chi connectivity index (χ2n) is 5.34. The molecule has 1 saturated heterocycles. The lowest BCUT2D eigenvalue weighted by atomic mass is 10.2. The number of H-pyrrole nitrogens is 1. The first kappa shape index (κ1) is 14.5. The molecule has 22 heavy (non-hydrogen) atoms. The average Bonchev–Trinajstić information content (AvgIpc) is 3.00. The maximum absolute atomic E-state index is 12.3. The standard InChI is InChI=1S/C17H19N3O2/c1-13-11-18-17(19-13)15-12-20(9-10-22-15)16(21)8-7-14-5-3-2-4-6-14/h2-8,11,15H,9-10,12H2,1H3,(H,18,19)/b8-7+/t15-/m0/s1. The predicted octanol–water partition coefficient (Wildman–Crippen LogP) is 2.33. The molecular formula is C17H19N3O2. The van der Waals surface area contributed by atoms with Gasteiger partial charge in [-0.3, -0.25) is 4.79 Å². The van der Waals surface area contributed by atoms with Gasteiger partial charge < -0.3 is 14.6 Å². The topological polar surface area (TPSA) is 58.2 Å². The van der Waals surface area contributed by atoms with Gasteiger partial charge in [0.25, 0.3) is 0 Å². The number of hydrogen-bond acceptors (Lipinski definition) is 3. The van der Waals surface area contributed by atoms with Crippen LogP contribution in [-0.4, -0.2) is 40.5 Å². The summed E-state index contributed by atoms with van der Waals surface area (Å²) in [5.41, 5.74) is 2.01. The Bertz CT molecular complexity index is 664. The van der Waals surface area contributed by atoms with Gasteiger partial charge in [0, 0.05) is 24.5 Å². The normalized spacial score (nSPS) is 18.8. The number of imidazole rings is 1. The number of amides is 1. The number of ether oxygens (including phenoxy) is 1. The van der Waals surface area contributed by atoms with Gasteiger partial charge in [-0.15, -0.1) is 0 Å². The number of aromatic amines is 1. The molecule has 1 fully saturated rings. The van der Waals surface area contributed by atoms with Crippen LogP contribution >= 0.6 is 0 Å². The molecule has 1 aliphatic rings. The zero-order valence-electron chi connectivity index (χ0n) is 12.5. The lowest BCUT2D eigenvalue weighted by molar-refractivity contribution is -0.133. The van der Waals surface area contributed by atoms with Gasteiger partial charge in [0.05, 0.1) is 13.2 Å². The molecule has 5 nitrogen and oxygen atoms in total. The third-order valence-corrected chi connectivity index (χ3v) is 3.62. The average molecular weight is 297 g/mol. The van der Waals surface area contributed by atoms with Crippen molar-refractivity contribution in [2.75, 3.05) is 19.7 Å². The van der Waals surface area contributed by atoms with E-state index >= 15 is 0 Å². The van der Waals surface area contributed by atoms with E-state index < -0.39 is 0 Å². The van der Waals surface area contributed by atoms with Gasteiger partial charge in [-0.25, -0.2) is 4.98 Å². The first-order chi connectivity index (χ1) is 10.7. The Balaban J connectivity index is 1.64. The minimum atomic E-state index is -0.184. The van der Waals surface area contributed by atoms with E-state index in [0.29, 0.717) is 19.7 Å². The molecule has 0 saturated carbocycles. The zero-order valence-corrected chi connectivity index (χ0v) is 12.5. The molecule has 0 bridgehead atoms. The number of benzene rings is 1. The van der Waals surface area contributed by atoms with Gasteiger partial charge in [0.2, 0.25) is 5.91 Å². The van der Waals surface area contributed by atoms with Crippen molar-refractivity contribution >= 4 is 12.0 Å². The van der Waals surface area contributed by atoms with E-state index in [4.69, 9.17) is 4.74 Å². The number of carbonyl (C=O) groups is 1. The summed E-state index contributed by atoms with van der Waals surface area (Å²) in [5, 5.41) is 0. The Labute approximate surface area is 129 Å². The summed E-state index contributed by atoms with van der Waals surface area (Å²) in [5.74, 6) is 0.780. The Morgan fingerprint density at radius 1 is 1.41 bits per heavy atom. The first-order valence-electron chi connectivity index (χ1n) is 7.37. The monoisotopic (exact) mass is 297 g/mol. The van der Waals surface area contributed by atoms with Crippen LogP contribution in [0.25, 0.3) is 6.08 Å². The van der Waals surface area contributed by atoms with Crippen LogP contribution in [0.2, 0.25) is 0 Å². The minimum absolute atomic E-state index is 0.000399. The van der Waals surface area contributed by atoms with E-state index in [-0.39, 0.29) is 12.0 Å².